The summed E-state index contributed by atoms with van der Waals surface area (Å²) < 4.78 is 5.37. The van der Waals surface area contributed by atoms with Crippen molar-refractivity contribution in [1.82, 2.24) is 14.7 Å². The smallest absolute Gasteiger partial charge is 0.302 e. The molecule has 0 aliphatic carbocycles. The van der Waals surface area contributed by atoms with Crippen molar-refractivity contribution in [3.63, 3.8) is 0 Å². The molecule has 39 heavy (non-hydrogen) atoms. The van der Waals surface area contributed by atoms with Gasteiger partial charge in [0, 0.05) is 54.5 Å². The van der Waals surface area contributed by atoms with Gasteiger partial charge in [-0.1, -0.05) is 0 Å². The fraction of sp³-hybridized carbons (Fsp3) is 0.969. The summed E-state index contributed by atoms with van der Waals surface area (Å²) in [5.41, 5.74) is 0.664. The van der Waals surface area contributed by atoms with Gasteiger partial charge in [0.15, 0.2) is 0 Å². The van der Waals surface area contributed by atoms with Crippen molar-refractivity contribution in [1.29, 1.82) is 0 Å². The summed E-state index contributed by atoms with van der Waals surface area (Å²) in [4.78, 5) is 18.7. The normalized spacial score (nSPS) is 38.8. The van der Waals surface area contributed by atoms with E-state index in [0.29, 0.717) is 18.1 Å². The Hall–Kier alpha value is -0.730. The fourth-order valence-corrected chi connectivity index (χ4v) is 9.20. The molecule has 7 heteroatoms. The zero-order valence-electron chi connectivity index (χ0n) is 26.1. The lowest BCUT2D eigenvalue weighted by molar-refractivity contribution is -0.152. The molecule has 226 valence electrons. The third-order valence-corrected chi connectivity index (χ3v) is 10.6. The van der Waals surface area contributed by atoms with E-state index in [-0.39, 0.29) is 40.9 Å². The van der Waals surface area contributed by atoms with Crippen LogP contribution in [0.2, 0.25) is 0 Å². The van der Waals surface area contributed by atoms with Gasteiger partial charge >= 0.3 is 5.97 Å². The molecule has 6 fully saturated rings. The molecular weight excluding hydrogens is 490 g/mol. The molecule has 0 bridgehead atoms. The summed E-state index contributed by atoms with van der Waals surface area (Å²) in [6, 6.07) is 1.98. The predicted octanol–water partition coefficient (Wildman–Crippen LogP) is 4.72. The van der Waals surface area contributed by atoms with Crippen molar-refractivity contribution in [2.75, 3.05) is 19.6 Å². The largest absolute Gasteiger partial charge is 0.462 e. The molecule has 0 saturated carbocycles. The van der Waals surface area contributed by atoms with Crippen LogP contribution in [0.25, 0.3) is 0 Å². The van der Waals surface area contributed by atoms with Gasteiger partial charge in [-0.25, -0.2) is 0 Å². The van der Waals surface area contributed by atoms with E-state index in [1.165, 1.54) is 65.1 Å². The first-order valence-corrected chi connectivity index (χ1v) is 16.0. The van der Waals surface area contributed by atoms with Crippen molar-refractivity contribution < 1.29 is 19.7 Å². The Kier molecular flexibility index (Phi) is 9.80. The lowest BCUT2D eigenvalue weighted by atomic mass is 9.85. The van der Waals surface area contributed by atoms with E-state index >= 15 is 0 Å². The average Bonchev–Trinajstić information content (AvgIpc) is 3.53. The number of carbonyl (C=O) groups is 1. The van der Waals surface area contributed by atoms with E-state index in [0.717, 1.165) is 38.5 Å². The molecular formula is C32H59N3O4. The summed E-state index contributed by atoms with van der Waals surface area (Å²) >= 11 is 0. The van der Waals surface area contributed by atoms with Crippen LogP contribution in [-0.4, -0.2) is 104 Å². The Balaban J connectivity index is 0.000000137. The number of aliphatic hydroxyl groups excluding tert-OH is 2. The van der Waals surface area contributed by atoms with Gasteiger partial charge in [-0.15, -0.1) is 0 Å². The SMILES string of the molecule is CC(=O)O[C@@H]1C[C@H]2CCCN2C(C)(C)C1.CC1(C)CC(O)CC2CCCN21.CC1(C)C[C@@H](O)C[C@@H]2CCCN21. The maximum absolute atomic E-state index is 11.0. The zero-order chi connectivity index (χ0) is 28.6. The second-order valence-corrected chi connectivity index (χ2v) is 15.3. The number of ether oxygens (including phenoxy) is 1. The maximum Gasteiger partial charge on any atom is 0.302 e. The topological polar surface area (TPSA) is 76.5 Å². The van der Waals surface area contributed by atoms with E-state index in [1.54, 1.807) is 0 Å². The van der Waals surface area contributed by atoms with Gasteiger partial charge in [0.05, 0.1) is 12.2 Å². The molecule has 0 amide bonds. The number of esters is 1. The van der Waals surface area contributed by atoms with Crippen LogP contribution in [0.5, 0.6) is 0 Å². The number of hydrogen-bond acceptors (Lipinski definition) is 7. The molecule has 6 atom stereocenters. The van der Waals surface area contributed by atoms with Crippen molar-refractivity contribution >= 4 is 5.97 Å². The molecule has 6 aliphatic rings. The van der Waals surface area contributed by atoms with Crippen LogP contribution in [0.15, 0.2) is 0 Å². The highest BCUT2D eigenvalue weighted by molar-refractivity contribution is 5.66. The summed E-state index contributed by atoms with van der Waals surface area (Å²) in [6.45, 7) is 18.8. The number of piperidine rings is 3. The first kappa shape index (κ1) is 31.2. The van der Waals surface area contributed by atoms with Gasteiger partial charge in [0.1, 0.15) is 6.10 Å². The highest BCUT2D eigenvalue weighted by atomic mass is 16.5. The zero-order valence-corrected chi connectivity index (χ0v) is 26.1. The minimum atomic E-state index is -0.137. The molecule has 2 N–H and O–H groups in total. The average molecular weight is 550 g/mol. The Morgan fingerprint density at radius 2 is 1.00 bits per heavy atom. The highest BCUT2D eigenvalue weighted by Gasteiger charge is 2.45. The van der Waals surface area contributed by atoms with Crippen molar-refractivity contribution in [3.8, 4) is 0 Å². The molecule has 6 saturated heterocycles. The fourth-order valence-electron chi connectivity index (χ4n) is 9.20. The quantitative estimate of drug-likeness (QED) is 0.458. The number of hydrogen-bond donors (Lipinski definition) is 2. The summed E-state index contributed by atoms with van der Waals surface area (Å²) in [7, 11) is 0. The van der Waals surface area contributed by atoms with Gasteiger partial charge in [-0.05, 0) is 125 Å². The monoisotopic (exact) mass is 549 g/mol. The van der Waals surface area contributed by atoms with E-state index in [1.807, 2.05) is 0 Å². The lowest BCUT2D eigenvalue weighted by Crippen LogP contribution is -2.54. The van der Waals surface area contributed by atoms with Crippen molar-refractivity contribution in [3.05, 3.63) is 0 Å². The Bertz CT molecular complexity index is 790. The second kappa shape index (κ2) is 12.2. The van der Waals surface area contributed by atoms with Gasteiger partial charge < -0.3 is 14.9 Å². The minimum Gasteiger partial charge on any atom is -0.462 e. The molecule has 2 unspecified atom stereocenters. The maximum atomic E-state index is 11.0. The van der Waals surface area contributed by atoms with Crippen LogP contribution in [0, 0.1) is 0 Å². The van der Waals surface area contributed by atoms with Crippen LogP contribution in [-0.2, 0) is 9.53 Å². The molecule has 0 aromatic heterocycles. The highest BCUT2D eigenvalue weighted by Crippen LogP contribution is 2.40. The van der Waals surface area contributed by atoms with Crippen LogP contribution >= 0.6 is 0 Å². The third-order valence-electron chi connectivity index (χ3n) is 10.6. The van der Waals surface area contributed by atoms with E-state index in [2.05, 4.69) is 56.2 Å². The van der Waals surface area contributed by atoms with Crippen LogP contribution in [0.4, 0.5) is 0 Å². The van der Waals surface area contributed by atoms with Gasteiger partial charge in [-0.3, -0.25) is 19.5 Å². The van der Waals surface area contributed by atoms with Crippen molar-refractivity contribution in [2.24, 2.45) is 0 Å². The summed E-state index contributed by atoms with van der Waals surface area (Å²) in [5, 5.41) is 19.3. The van der Waals surface area contributed by atoms with E-state index < -0.39 is 0 Å². The molecule has 6 aliphatic heterocycles. The minimum absolute atomic E-state index is 0.0562. The van der Waals surface area contributed by atoms with Crippen LogP contribution < -0.4 is 0 Å². The summed E-state index contributed by atoms with van der Waals surface area (Å²) in [5.74, 6) is -0.137. The number of aliphatic hydroxyl groups is 2. The summed E-state index contributed by atoms with van der Waals surface area (Å²) in [6.07, 6.45) is 13.7. The van der Waals surface area contributed by atoms with Crippen LogP contribution in [0.1, 0.15) is 126 Å². The second-order valence-electron chi connectivity index (χ2n) is 15.3. The van der Waals surface area contributed by atoms with E-state index in [9.17, 15) is 15.0 Å². The van der Waals surface area contributed by atoms with Crippen molar-refractivity contribution in [2.45, 2.75) is 179 Å². The Labute approximate surface area is 238 Å². The molecule has 0 aromatic carbocycles. The van der Waals surface area contributed by atoms with Crippen LogP contribution in [0.3, 0.4) is 0 Å². The number of nitrogens with zero attached hydrogens (tertiary/aromatic N) is 3. The molecule has 7 nitrogen and oxygen atoms in total. The van der Waals surface area contributed by atoms with Gasteiger partial charge in [0.25, 0.3) is 0 Å². The van der Waals surface area contributed by atoms with Gasteiger partial charge in [0.2, 0.25) is 0 Å². The molecule has 0 aromatic rings. The molecule has 0 radical (unpaired) electrons. The Morgan fingerprint density at radius 3 is 1.38 bits per heavy atom. The van der Waals surface area contributed by atoms with E-state index in [4.69, 9.17) is 4.74 Å². The molecule has 6 heterocycles. The predicted molar refractivity (Wildman–Crippen MR) is 157 cm³/mol. The third kappa shape index (κ3) is 7.57. The number of fused-ring (bicyclic) bond motifs is 3. The first-order chi connectivity index (χ1) is 18.2. The van der Waals surface area contributed by atoms with Gasteiger partial charge in [-0.2, -0.15) is 0 Å². The first-order valence-electron chi connectivity index (χ1n) is 16.0. The number of rotatable bonds is 1. The lowest BCUT2D eigenvalue weighted by Gasteiger charge is -2.47. The molecule has 0 spiro atoms. The Morgan fingerprint density at radius 1 is 0.641 bits per heavy atom. The molecule has 6 rings (SSSR count). The standard InChI is InChI=1S/C12H21NO2.2C10H19NO/c1-9(14)15-11-7-10-5-4-6-13(10)12(2,3)8-11;2*1-10(2)7-9(12)6-8-4-3-5-11(8)10/h10-11H,4-8H2,1-3H3;2*8-9,12H,3-7H2,1-2H3/t10-,11-;8-,9-;/m10./s1. The number of carbonyl (C=O) groups excluding carboxylic acids is 1.